The molecule has 0 bridgehead atoms. The number of benzene rings is 1. The predicted octanol–water partition coefficient (Wildman–Crippen LogP) is 1.88. The van der Waals surface area contributed by atoms with E-state index in [2.05, 4.69) is 11.4 Å². The summed E-state index contributed by atoms with van der Waals surface area (Å²) in [7, 11) is 0. The van der Waals surface area contributed by atoms with Crippen LogP contribution in [0.25, 0.3) is 0 Å². The van der Waals surface area contributed by atoms with E-state index in [1.165, 1.54) is 11.0 Å². The molecule has 0 spiro atoms. The number of rotatable bonds is 3. The number of nitrogens with one attached hydrogen (secondary N) is 1. The molecule has 2 aliphatic rings. The zero-order chi connectivity index (χ0) is 16.6. The summed E-state index contributed by atoms with van der Waals surface area (Å²) >= 11 is 0. The van der Waals surface area contributed by atoms with Gasteiger partial charge in [-0.3, -0.25) is 9.59 Å². The van der Waals surface area contributed by atoms with Crippen molar-refractivity contribution < 1.29 is 18.4 Å². The average Bonchev–Trinajstić information content (AvgIpc) is 2.87. The molecule has 1 aromatic rings. The molecule has 1 N–H and O–H groups in total. The largest absolute Gasteiger partial charge is 0.337 e. The lowest BCUT2D eigenvalue weighted by Gasteiger charge is -2.36. The molecular weight excluding hydrogens is 304 g/mol. The Morgan fingerprint density at radius 1 is 1.35 bits per heavy atom. The van der Waals surface area contributed by atoms with Crippen molar-refractivity contribution in [1.29, 1.82) is 5.26 Å². The summed E-state index contributed by atoms with van der Waals surface area (Å²) in [5.74, 6) is -3.85. The number of carbonyl (C=O) groups is 2. The van der Waals surface area contributed by atoms with E-state index in [0.29, 0.717) is 12.8 Å². The van der Waals surface area contributed by atoms with E-state index in [1.54, 1.807) is 0 Å². The number of carbonyl (C=O) groups excluding carboxylic acids is 2. The number of nitrogens with zero attached hydrogens (tertiary/aromatic N) is 2. The average molecular weight is 319 g/mol. The first-order valence-corrected chi connectivity index (χ1v) is 7.45. The molecule has 1 aliphatic carbocycles. The van der Waals surface area contributed by atoms with Crippen LogP contribution in [0.1, 0.15) is 25.7 Å². The normalized spacial score (nSPS) is 22.4. The van der Waals surface area contributed by atoms with Crippen LogP contribution in [-0.2, 0) is 9.59 Å². The third kappa shape index (κ3) is 2.65. The minimum absolute atomic E-state index is 0.225. The molecule has 0 radical (unpaired) electrons. The lowest BCUT2D eigenvalue weighted by molar-refractivity contribution is -0.133. The first kappa shape index (κ1) is 15.4. The second-order valence-electron chi connectivity index (χ2n) is 5.97. The predicted molar refractivity (Wildman–Crippen MR) is 77.2 cm³/mol. The molecule has 1 aliphatic heterocycles. The van der Waals surface area contributed by atoms with Gasteiger partial charge in [0.2, 0.25) is 11.8 Å². The molecule has 7 heteroatoms. The van der Waals surface area contributed by atoms with Crippen LogP contribution in [0.4, 0.5) is 14.5 Å². The molecular formula is C16H15F2N3O2. The highest BCUT2D eigenvalue weighted by Gasteiger charge is 2.44. The molecule has 0 unspecified atom stereocenters. The summed E-state index contributed by atoms with van der Waals surface area (Å²) in [6.45, 7) is 0.252. The van der Waals surface area contributed by atoms with Gasteiger partial charge in [-0.05, 0) is 37.8 Å². The lowest BCUT2D eigenvalue weighted by Crippen LogP contribution is -2.54. The van der Waals surface area contributed by atoms with Crippen molar-refractivity contribution in [2.45, 2.75) is 31.2 Å². The van der Waals surface area contributed by atoms with Crippen molar-refractivity contribution in [3.05, 3.63) is 29.8 Å². The van der Waals surface area contributed by atoms with Crippen molar-refractivity contribution in [2.24, 2.45) is 5.92 Å². The molecule has 3 rings (SSSR count). The number of halogens is 2. The van der Waals surface area contributed by atoms with E-state index in [4.69, 9.17) is 5.26 Å². The number of nitriles is 1. The Morgan fingerprint density at radius 3 is 2.65 bits per heavy atom. The first-order valence-electron chi connectivity index (χ1n) is 7.45. The van der Waals surface area contributed by atoms with Crippen molar-refractivity contribution in [3.8, 4) is 6.07 Å². The molecule has 1 saturated carbocycles. The standard InChI is InChI=1S/C16H15F2N3O2/c17-12-3-2-10(8-13(12)18)21-7-4-11(15(21)23)14(22)20-16(9-19)5-1-6-16/h2-3,8,11H,1,4-7H2,(H,20,22)/t11-/m0/s1. The van der Waals surface area contributed by atoms with Crippen LogP contribution in [0.2, 0.25) is 0 Å². The van der Waals surface area contributed by atoms with Gasteiger partial charge in [-0.2, -0.15) is 5.26 Å². The number of hydrogen-bond donors (Lipinski definition) is 1. The van der Waals surface area contributed by atoms with Gasteiger partial charge in [0, 0.05) is 18.3 Å². The fourth-order valence-electron chi connectivity index (χ4n) is 2.95. The van der Waals surface area contributed by atoms with Gasteiger partial charge in [0.25, 0.3) is 0 Å². The van der Waals surface area contributed by atoms with E-state index in [1.807, 2.05) is 0 Å². The van der Waals surface area contributed by atoms with Crippen molar-refractivity contribution in [3.63, 3.8) is 0 Å². The summed E-state index contributed by atoms with van der Waals surface area (Å²) in [5, 5.41) is 11.8. The zero-order valence-electron chi connectivity index (χ0n) is 12.3. The van der Waals surface area contributed by atoms with E-state index in [9.17, 15) is 18.4 Å². The molecule has 1 heterocycles. The molecule has 1 aromatic carbocycles. The quantitative estimate of drug-likeness (QED) is 0.865. The fraction of sp³-hybridized carbons (Fsp3) is 0.438. The molecule has 120 valence electrons. The third-order valence-electron chi connectivity index (χ3n) is 4.52. The highest BCUT2D eigenvalue weighted by molar-refractivity contribution is 6.09. The van der Waals surface area contributed by atoms with Crippen LogP contribution < -0.4 is 10.2 Å². The van der Waals surface area contributed by atoms with Crippen molar-refractivity contribution >= 4 is 17.5 Å². The Balaban J connectivity index is 1.72. The molecule has 0 aromatic heterocycles. The maximum absolute atomic E-state index is 13.3. The van der Waals surface area contributed by atoms with Gasteiger partial charge in [-0.1, -0.05) is 0 Å². The van der Waals surface area contributed by atoms with Crippen molar-refractivity contribution in [1.82, 2.24) is 5.32 Å². The molecule has 2 amide bonds. The highest BCUT2D eigenvalue weighted by atomic mass is 19.2. The van der Waals surface area contributed by atoms with Gasteiger partial charge in [-0.15, -0.1) is 0 Å². The first-order chi connectivity index (χ1) is 11.0. The minimum Gasteiger partial charge on any atom is -0.337 e. The molecule has 2 fully saturated rings. The topological polar surface area (TPSA) is 73.2 Å². The Labute approximate surface area is 131 Å². The zero-order valence-corrected chi connectivity index (χ0v) is 12.3. The van der Waals surface area contributed by atoms with Gasteiger partial charge < -0.3 is 10.2 Å². The van der Waals surface area contributed by atoms with Gasteiger partial charge in [0.15, 0.2) is 11.6 Å². The lowest BCUT2D eigenvalue weighted by atomic mass is 9.77. The SMILES string of the molecule is N#CC1(NC(=O)[C@@H]2CCN(c3ccc(F)c(F)c3)C2=O)CCC1. The molecule has 5 nitrogen and oxygen atoms in total. The fourth-order valence-corrected chi connectivity index (χ4v) is 2.95. The Morgan fingerprint density at radius 2 is 2.09 bits per heavy atom. The van der Waals surface area contributed by atoms with E-state index < -0.39 is 34.9 Å². The van der Waals surface area contributed by atoms with Crippen LogP contribution in [0, 0.1) is 28.9 Å². The summed E-state index contributed by atoms with van der Waals surface area (Å²) in [6, 6.07) is 5.29. The van der Waals surface area contributed by atoms with Crippen LogP contribution in [0.5, 0.6) is 0 Å². The highest BCUT2D eigenvalue weighted by Crippen LogP contribution is 2.32. The number of amides is 2. The maximum Gasteiger partial charge on any atom is 0.239 e. The summed E-state index contributed by atoms with van der Waals surface area (Å²) < 4.78 is 26.3. The monoisotopic (exact) mass is 319 g/mol. The van der Waals surface area contributed by atoms with Gasteiger partial charge in [0.05, 0.1) is 6.07 Å². The Hall–Kier alpha value is -2.49. The van der Waals surface area contributed by atoms with Crippen LogP contribution in [0.3, 0.4) is 0 Å². The van der Waals surface area contributed by atoms with Crippen LogP contribution in [-0.4, -0.2) is 23.9 Å². The minimum atomic E-state index is -1.04. The van der Waals surface area contributed by atoms with E-state index in [-0.39, 0.29) is 18.7 Å². The molecule has 1 saturated heterocycles. The summed E-state index contributed by atoms with van der Waals surface area (Å²) in [6.07, 6.45) is 2.32. The molecule has 1 atom stereocenters. The summed E-state index contributed by atoms with van der Waals surface area (Å²) in [5.41, 5.74) is -0.630. The van der Waals surface area contributed by atoms with Gasteiger partial charge >= 0.3 is 0 Å². The smallest absolute Gasteiger partial charge is 0.239 e. The van der Waals surface area contributed by atoms with Crippen molar-refractivity contribution in [2.75, 3.05) is 11.4 Å². The Kier molecular flexibility index (Phi) is 3.76. The van der Waals surface area contributed by atoms with Crippen LogP contribution >= 0.6 is 0 Å². The van der Waals surface area contributed by atoms with Gasteiger partial charge in [-0.25, -0.2) is 8.78 Å². The second-order valence-corrected chi connectivity index (χ2v) is 5.97. The number of anilines is 1. The van der Waals surface area contributed by atoms with E-state index in [0.717, 1.165) is 18.6 Å². The maximum atomic E-state index is 13.3. The Bertz CT molecular complexity index is 710. The second kappa shape index (κ2) is 5.61. The summed E-state index contributed by atoms with van der Waals surface area (Å²) in [4.78, 5) is 25.9. The van der Waals surface area contributed by atoms with Gasteiger partial charge in [0.1, 0.15) is 11.5 Å². The third-order valence-corrected chi connectivity index (χ3v) is 4.52. The van der Waals surface area contributed by atoms with Crippen LogP contribution in [0.15, 0.2) is 18.2 Å². The molecule has 23 heavy (non-hydrogen) atoms. The number of hydrogen-bond acceptors (Lipinski definition) is 3. The van der Waals surface area contributed by atoms with E-state index >= 15 is 0 Å².